The normalized spacial score (nSPS) is 19.5. The highest BCUT2D eigenvalue weighted by Crippen LogP contribution is 2.33. The highest BCUT2D eigenvalue weighted by molar-refractivity contribution is 6.30. The van der Waals surface area contributed by atoms with Gasteiger partial charge < -0.3 is 24.8 Å². The first kappa shape index (κ1) is 21.1. The molecule has 0 bridgehead atoms. The number of fused-ring (bicyclic) bond motifs is 1. The topological polar surface area (TPSA) is 82.5 Å². The van der Waals surface area contributed by atoms with Crippen LogP contribution in [0, 0.1) is 5.41 Å². The van der Waals surface area contributed by atoms with Crippen molar-refractivity contribution < 1.29 is 5.11 Å². The number of nitrogens with zero attached hydrogens (tertiary/aromatic N) is 4. The molecule has 2 saturated heterocycles. The van der Waals surface area contributed by atoms with Gasteiger partial charge in [-0.05, 0) is 81.0 Å². The molecule has 7 heteroatoms. The fourth-order valence-corrected chi connectivity index (χ4v) is 5.51. The van der Waals surface area contributed by atoms with E-state index in [1.54, 1.807) is 0 Å². The number of rotatable bonds is 4. The Hall–Kier alpha value is -3.48. The minimum Gasteiger partial charge on any atom is -0.509 e. The second kappa shape index (κ2) is 8.70. The summed E-state index contributed by atoms with van der Waals surface area (Å²) in [6, 6.07) is 14.7. The van der Waals surface area contributed by atoms with Crippen LogP contribution in [-0.4, -0.2) is 53.6 Å². The third kappa shape index (κ3) is 3.79. The molecule has 7 nitrogen and oxygen atoms in total. The van der Waals surface area contributed by atoms with Crippen molar-refractivity contribution in [2.75, 3.05) is 47.4 Å². The molecule has 0 saturated carbocycles. The summed E-state index contributed by atoms with van der Waals surface area (Å²) in [4.78, 5) is 14.8. The molecule has 0 aliphatic carbocycles. The number of imidazole rings is 1. The van der Waals surface area contributed by atoms with Crippen LogP contribution in [0.3, 0.4) is 0 Å². The van der Waals surface area contributed by atoms with Crippen LogP contribution in [-0.2, 0) is 0 Å². The lowest BCUT2D eigenvalue weighted by molar-refractivity contribution is 0.411. The number of anilines is 3. The van der Waals surface area contributed by atoms with Crippen molar-refractivity contribution in [3.63, 3.8) is 0 Å². The lowest BCUT2D eigenvalue weighted by Gasteiger charge is -2.29. The molecule has 3 aromatic rings. The van der Waals surface area contributed by atoms with E-state index in [2.05, 4.69) is 51.2 Å². The van der Waals surface area contributed by atoms with E-state index in [-0.39, 0.29) is 18.1 Å². The van der Waals surface area contributed by atoms with E-state index in [4.69, 9.17) is 10.4 Å². The van der Waals surface area contributed by atoms with Gasteiger partial charge in [-0.3, -0.25) is 5.41 Å². The summed E-state index contributed by atoms with van der Waals surface area (Å²) in [6.07, 6.45) is 7.58. The van der Waals surface area contributed by atoms with Crippen molar-refractivity contribution in [1.82, 2.24) is 9.97 Å². The molecule has 3 aliphatic rings. The highest BCUT2D eigenvalue weighted by Gasteiger charge is 2.31. The quantitative estimate of drug-likeness (QED) is 0.496. The third-order valence-corrected chi connectivity index (χ3v) is 7.41. The minimum atomic E-state index is 0.181. The molecule has 2 aromatic carbocycles. The number of aliphatic hydroxyl groups is 1. The van der Waals surface area contributed by atoms with Crippen LogP contribution in [0.15, 0.2) is 48.2 Å². The number of aliphatic hydroxyl groups excluding tert-OH is 1. The van der Waals surface area contributed by atoms with Crippen molar-refractivity contribution in [1.29, 1.82) is 5.41 Å². The van der Waals surface area contributed by atoms with Crippen LogP contribution in [0.1, 0.15) is 44.3 Å². The fraction of sp³-hybridized carbons (Fsp3) is 0.407. The minimum absolute atomic E-state index is 0.181. The van der Waals surface area contributed by atoms with Gasteiger partial charge >= 0.3 is 0 Å². The predicted molar refractivity (Wildman–Crippen MR) is 139 cm³/mol. The maximum absolute atomic E-state index is 10.8. The SMILES string of the molecule is N=C1C(c2nc3ccc(N4CCCCC4)cc3[nH]2)=C(O)CN1c1ccc(N2CCCCC2)cc1. The van der Waals surface area contributed by atoms with Crippen LogP contribution < -0.4 is 14.7 Å². The Morgan fingerprint density at radius 3 is 2.03 bits per heavy atom. The van der Waals surface area contributed by atoms with Gasteiger partial charge in [-0.15, -0.1) is 0 Å². The standard InChI is InChI=1S/C27H32N6O/c28-26-25(27-29-22-12-11-21(17-23(22)30-27)32-15-5-2-6-16-32)24(34)18-33(26)20-9-7-19(8-10-20)31-13-3-1-4-14-31/h7-12,17,28,34H,1-6,13-16,18H2,(H,29,30). The molecule has 6 rings (SSSR count). The Labute approximate surface area is 200 Å². The molecule has 0 amide bonds. The third-order valence-electron chi connectivity index (χ3n) is 7.41. The zero-order valence-corrected chi connectivity index (χ0v) is 19.6. The first-order chi connectivity index (χ1) is 16.7. The van der Waals surface area contributed by atoms with Crippen molar-refractivity contribution in [2.24, 2.45) is 0 Å². The summed E-state index contributed by atoms with van der Waals surface area (Å²) in [7, 11) is 0. The van der Waals surface area contributed by atoms with Crippen molar-refractivity contribution in [3.05, 3.63) is 54.0 Å². The molecule has 0 radical (unpaired) electrons. The monoisotopic (exact) mass is 456 g/mol. The number of amidine groups is 1. The van der Waals surface area contributed by atoms with Gasteiger partial charge in [-0.1, -0.05) is 0 Å². The average Bonchev–Trinajstić information content (AvgIpc) is 3.44. The van der Waals surface area contributed by atoms with Crippen LogP contribution in [0.25, 0.3) is 16.6 Å². The predicted octanol–water partition coefficient (Wildman–Crippen LogP) is 5.31. The number of nitrogens with one attached hydrogen (secondary N) is 2. The summed E-state index contributed by atoms with van der Waals surface area (Å²) in [6.45, 7) is 4.68. The molecule has 3 N–H and O–H groups in total. The lowest BCUT2D eigenvalue weighted by Crippen LogP contribution is -2.29. The van der Waals surface area contributed by atoms with Crippen LogP contribution in [0.4, 0.5) is 17.1 Å². The van der Waals surface area contributed by atoms with Crippen LogP contribution in [0.5, 0.6) is 0 Å². The van der Waals surface area contributed by atoms with E-state index in [0.717, 1.165) is 42.9 Å². The maximum Gasteiger partial charge on any atom is 0.145 e. The number of hydrogen-bond acceptors (Lipinski definition) is 5. The molecule has 0 unspecified atom stereocenters. The van der Waals surface area contributed by atoms with Gasteiger partial charge in [0.05, 0.1) is 23.2 Å². The summed E-state index contributed by atoms with van der Waals surface area (Å²) < 4.78 is 0. The van der Waals surface area contributed by atoms with Crippen molar-refractivity contribution in [2.45, 2.75) is 38.5 Å². The fourth-order valence-electron chi connectivity index (χ4n) is 5.51. The van der Waals surface area contributed by atoms with Gasteiger partial charge in [0.15, 0.2) is 0 Å². The van der Waals surface area contributed by atoms with Crippen LogP contribution >= 0.6 is 0 Å². The first-order valence-electron chi connectivity index (χ1n) is 12.6. The summed E-state index contributed by atoms with van der Waals surface area (Å²) >= 11 is 0. The van der Waals surface area contributed by atoms with Gasteiger partial charge in [0.25, 0.3) is 0 Å². The van der Waals surface area contributed by atoms with E-state index in [9.17, 15) is 5.11 Å². The Bertz CT molecular complexity index is 1230. The van der Waals surface area contributed by atoms with Crippen molar-refractivity contribution >= 4 is 39.5 Å². The molecule has 0 atom stereocenters. The second-order valence-corrected chi connectivity index (χ2v) is 9.66. The van der Waals surface area contributed by atoms with E-state index >= 15 is 0 Å². The second-order valence-electron chi connectivity index (χ2n) is 9.66. The maximum atomic E-state index is 10.8. The average molecular weight is 457 g/mol. The molecular formula is C27H32N6O. The van der Waals surface area contributed by atoms with Gasteiger partial charge in [0.2, 0.25) is 0 Å². The van der Waals surface area contributed by atoms with E-state index in [0.29, 0.717) is 11.4 Å². The zero-order valence-electron chi connectivity index (χ0n) is 19.6. The summed E-state index contributed by atoms with van der Waals surface area (Å²) in [5, 5.41) is 19.6. The number of H-pyrrole nitrogens is 1. The number of benzene rings is 2. The molecule has 3 aliphatic heterocycles. The van der Waals surface area contributed by atoms with Gasteiger partial charge in [0, 0.05) is 43.2 Å². The summed E-state index contributed by atoms with van der Waals surface area (Å²) in [5.41, 5.74) is 5.63. The molecule has 0 spiro atoms. The Morgan fingerprint density at radius 2 is 1.35 bits per heavy atom. The molecule has 4 heterocycles. The van der Waals surface area contributed by atoms with Crippen molar-refractivity contribution in [3.8, 4) is 0 Å². The number of piperidine rings is 2. The lowest BCUT2D eigenvalue weighted by atomic mass is 10.1. The molecule has 176 valence electrons. The first-order valence-corrected chi connectivity index (χ1v) is 12.6. The largest absolute Gasteiger partial charge is 0.509 e. The molecule has 1 aromatic heterocycles. The molecule has 34 heavy (non-hydrogen) atoms. The zero-order chi connectivity index (χ0) is 23.1. The van der Waals surface area contributed by atoms with Crippen LogP contribution in [0.2, 0.25) is 0 Å². The Balaban J connectivity index is 1.23. The number of hydrogen-bond donors (Lipinski definition) is 3. The molecular weight excluding hydrogens is 424 g/mol. The number of aromatic amines is 1. The van der Waals surface area contributed by atoms with E-state index in [1.165, 1.54) is 49.9 Å². The Morgan fingerprint density at radius 1 is 0.765 bits per heavy atom. The van der Waals surface area contributed by atoms with Gasteiger partial charge in [-0.25, -0.2) is 4.98 Å². The van der Waals surface area contributed by atoms with Gasteiger partial charge in [0.1, 0.15) is 17.4 Å². The smallest absolute Gasteiger partial charge is 0.145 e. The summed E-state index contributed by atoms with van der Waals surface area (Å²) in [5.74, 6) is 1.01. The number of aromatic nitrogens is 2. The highest BCUT2D eigenvalue weighted by atomic mass is 16.3. The van der Waals surface area contributed by atoms with Gasteiger partial charge in [-0.2, -0.15) is 0 Å². The Kier molecular flexibility index (Phi) is 5.40. The van der Waals surface area contributed by atoms with E-state index < -0.39 is 0 Å². The van der Waals surface area contributed by atoms with E-state index in [1.807, 2.05) is 11.0 Å². The molecule has 2 fully saturated rings.